The molecule has 0 aliphatic rings. The van der Waals surface area contributed by atoms with Crippen LogP contribution >= 0.6 is 15.9 Å². The summed E-state index contributed by atoms with van der Waals surface area (Å²) in [4.78, 5) is 15.8. The van der Waals surface area contributed by atoms with Gasteiger partial charge in [-0.05, 0) is 52.7 Å². The number of carbonyl (C=O) groups excluding carboxylic acids is 1. The van der Waals surface area contributed by atoms with Gasteiger partial charge in [0.1, 0.15) is 5.75 Å². The molecular formula is C13H12BrN3O2. The maximum atomic E-state index is 11.8. The SMILES string of the molecule is Cc1cc(O)ccc1NC(=O)Nc1cncc(Br)c1. The second-order valence-electron chi connectivity index (χ2n) is 3.97. The fourth-order valence-corrected chi connectivity index (χ4v) is 1.92. The predicted molar refractivity (Wildman–Crippen MR) is 77.4 cm³/mol. The van der Waals surface area contributed by atoms with E-state index in [2.05, 4.69) is 31.5 Å². The number of nitrogens with one attached hydrogen (secondary N) is 2. The lowest BCUT2D eigenvalue weighted by atomic mass is 10.2. The van der Waals surface area contributed by atoms with Crippen molar-refractivity contribution in [3.8, 4) is 5.75 Å². The number of aromatic nitrogens is 1. The number of rotatable bonds is 2. The van der Waals surface area contributed by atoms with Gasteiger partial charge in [-0.15, -0.1) is 0 Å². The van der Waals surface area contributed by atoms with Gasteiger partial charge in [0.25, 0.3) is 0 Å². The van der Waals surface area contributed by atoms with Crippen molar-refractivity contribution < 1.29 is 9.90 Å². The van der Waals surface area contributed by atoms with Crippen LogP contribution in [0.3, 0.4) is 0 Å². The summed E-state index contributed by atoms with van der Waals surface area (Å²) in [6, 6.07) is 6.12. The van der Waals surface area contributed by atoms with E-state index in [-0.39, 0.29) is 11.8 Å². The van der Waals surface area contributed by atoms with Crippen LogP contribution < -0.4 is 10.6 Å². The highest BCUT2D eigenvalue weighted by molar-refractivity contribution is 9.10. The number of urea groups is 1. The van der Waals surface area contributed by atoms with Crippen LogP contribution in [0.5, 0.6) is 5.75 Å². The quantitative estimate of drug-likeness (QED) is 0.741. The number of aryl methyl sites for hydroxylation is 1. The Kier molecular flexibility index (Phi) is 4.01. The molecule has 0 saturated carbocycles. The fourth-order valence-electron chi connectivity index (χ4n) is 1.55. The molecule has 0 aliphatic carbocycles. The van der Waals surface area contributed by atoms with E-state index >= 15 is 0 Å². The van der Waals surface area contributed by atoms with Gasteiger partial charge in [-0.3, -0.25) is 4.98 Å². The maximum absolute atomic E-state index is 11.8. The van der Waals surface area contributed by atoms with Crippen LogP contribution in [0.1, 0.15) is 5.56 Å². The van der Waals surface area contributed by atoms with E-state index in [1.165, 1.54) is 6.07 Å². The molecule has 98 valence electrons. The summed E-state index contributed by atoms with van der Waals surface area (Å²) in [5.74, 6) is 0.166. The minimum atomic E-state index is -0.367. The summed E-state index contributed by atoms with van der Waals surface area (Å²) in [5, 5.41) is 14.7. The van der Waals surface area contributed by atoms with Gasteiger partial charge in [-0.1, -0.05) is 0 Å². The Morgan fingerprint density at radius 2 is 2.05 bits per heavy atom. The van der Waals surface area contributed by atoms with Gasteiger partial charge < -0.3 is 15.7 Å². The molecule has 2 aromatic rings. The summed E-state index contributed by atoms with van der Waals surface area (Å²) in [6.45, 7) is 1.80. The minimum Gasteiger partial charge on any atom is -0.508 e. The monoisotopic (exact) mass is 321 g/mol. The van der Waals surface area contributed by atoms with Gasteiger partial charge in [0, 0.05) is 16.4 Å². The van der Waals surface area contributed by atoms with E-state index in [4.69, 9.17) is 0 Å². The van der Waals surface area contributed by atoms with Crippen LogP contribution in [0, 0.1) is 6.92 Å². The Balaban J connectivity index is 2.05. The van der Waals surface area contributed by atoms with Crippen molar-refractivity contribution in [2.45, 2.75) is 6.92 Å². The molecule has 3 N–H and O–H groups in total. The van der Waals surface area contributed by atoms with E-state index in [0.29, 0.717) is 11.4 Å². The molecule has 6 heteroatoms. The van der Waals surface area contributed by atoms with Gasteiger partial charge in [0.2, 0.25) is 0 Å². The summed E-state index contributed by atoms with van der Waals surface area (Å²) in [7, 11) is 0. The third kappa shape index (κ3) is 3.69. The van der Waals surface area contributed by atoms with Gasteiger partial charge in [-0.25, -0.2) is 4.79 Å². The molecule has 0 fully saturated rings. The van der Waals surface area contributed by atoms with E-state index in [9.17, 15) is 9.90 Å². The molecule has 0 unspecified atom stereocenters. The summed E-state index contributed by atoms with van der Waals surface area (Å²) >= 11 is 3.28. The number of aromatic hydroxyl groups is 1. The van der Waals surface area contributed by atoms with Crippen LogP contribution in [0.2, 0.25) is 0 Å². The number of pyridine rings is 1. The first-order valence-electron chi connectivity index (χ1n) is 5.53. The molecule has 0 bridgehead atoms. The van der Waals surface area contributed by atoms with Crippen LogP contribution in [0.15, 0.2) is 41.1 Å². The number of carbonyl (C=O) groups is 1. The number of amides is 2. The molecule has 1 heterocycles. The van der Waals surface area contributed by atoms with Crippen molar-refractivity contribution in [3.05, 3.63) is 46.7 Å². The second kappa shape index (κ2) is 5.71. The molecule has 1 aromatic carbocycles. The van der Waals surface area contributed by atoms with Gasteiger partial charge in [0.05, 0.1) is 11.9 Å². The Hall–Kier alpha value is -2.08. The highest BCUT2D eigenvalue weighted by atomic mass is 79.9. The van der Waals surface area contributed by atoms with Crippen molar-refractivity contribution in [2.75, 3.05) is 10.6 Å². The normalized spacial score (nSPS) is 10.0. The highest BCUT2D eigenvalue weighted by Crippen LogP contribution is 2.20. The molecule has 0 saturated heterocycles. The zero-order valence-electron chi connectivity index (χ0n) is 10.1. The maximum Gasteiger partial charge on any atom is 0.323 e. The number of hydrogen-bond donors (Lipinski definition) is 3. The van der Waals surface area contributed by atoms with Crippen molar-refractivity contribution in [3.63, 3.8) is 0 Å². The Morgan fingerprint density at radius 3 is 2.74 bits per heavy atom. The number of phenolic OH excluding ortho intramolecular Hbond substituents is 1. The topological polar surface area (TPSA) is 74.2 Å². The lowest BCUT2D eigenvalue weighted by molar-refractivity contribution is 0.262. The lowest BCUT2D eigenvalue weighted by Gasteiger charge is -2.10. The third-order valence-electron chi connectivity index (χ3n) is 2.42. The number of nitrogens with zero attached hydrogens (tertiary/aromatic N) is 1. The van der Waals surface area contributed by atoms with Crippen LogP contribution in [0.25, 0.3) is 0 Å². The first-order chi connectivity index (χ1) is 9.04. The molecule has 2 rings (SSSR count). The zero-order chi connectivity index (χ0) is 13.8. The summed E-state index contributed by atoms with van der Waals surface area (Å²) in [6.07, 6.45) is 3.18. The molecule has 5 nitrogen and oxygen atoms in total. The van der Waals surface area contributed by atoms with Crippen molar-refractivity contribution >= 4 is 33.3 Å². The molecule has 0 aliphatic heterocycles. The van der Waals surface area contributed by atoms with Gasteiger partial charge >= 0.3 is 6.03 Å². The second-order valence-corrected chi connectivity index (χ2v) is 4.89. The van der Waals surface area contributed by atoms with Crippen molar-refractivity contribution in [1.29, 1.82) is 0 Å². The molecule has 19 heavy (non-hydrogen) atoms. The van der Waals surface area contributed by atoms with E-state index in [1.54, 1.807) is 37.5 Å². The number of hydrogen-bond acceptors (Lipinski definition) is 3. The average Bonchev–Trinajstić information content (AvgIpc) is 2.33. The van der Waals surface area contributed by atoms with E-state index in [1.807, 2.05) is 0 Å². The lowest BCUT2D eigenvalue weighted by Crippen LogP contribution is -2.20. The molecule has 1 aromatic heterocycles. The molecular weight excluding hydrogens is 310 g/mol. The number of benzene rings is 1. The first kappa shape index (κ1) is 13.4. The number of phenols is 1. The smallest absolute Gasteiger partial charge is 0.323 e. The van der Waals surface area contributed by atoms with Crippen LogP contribution in [-0.2, 0) is 0 Å². The van der Waals surface area contributed by atoms with E-state index in [0.717, 1.165) is 10.0 Å². The van der Waals surface area contributed by atoms with Crippen molar-refractivity contribution in [1.82, 2.24) is 4.98 Å². The van der Waals surface area contributed by atoms with Crippen molar-refractivity contribution in [2.24, 2.45) is 0 Å². The zero-order valence-corrected chi connectivity index (χ0v) is 11.7. The Bertz CT molecular complexity index is 617. The molecule has 2 amide bonds. The third-order valence-corrected chi connectivity index (χ3v) is 2.85. The Morgan fingerprint density at radius 1 is 1.26 bits per heavy atom. The molecule has 0 radical (unpaired) electrons. The largest absolute Gasteiger partial charge is 0.508 e. The first-order valence-corrected chi connectivity index (χ1v) is 6.32. The Labute approximate surface area is 118 Å². The molecule has 0 atom stereocenters. The fraction of sp³-hybridized carbons (Fsp3) is 0.0769. The van der Waals surface area contributed by atoms with Crippen LogP contribution in [0.4, 0.5) is 16.2 Å². The predicted octanol–water partition coefficient (Wildman–Crippen LogP) is 3.50. The summed E-state index contributed by atoms with van der Waals surface area (Å²) in [5.41, 5.74) is 2.00. The van der Waals surface area contributed by atoms with Crippen LogP contribution in [-0.4, -0.2) is 16.1 Å². The van der Waals surface area contributed by atoms with Gasteiger partial charge in [0.15, 0.2) is 0 Å². The summed E-state index contributed by atoms with van der Waals surface area (Å²) < 4.78 is 0.783. The van der Waals surface area contributed by atoms with E-state index < -0.39 is 0 Å². The number of halogens is 1. The van der Waals surface area contributed by atoms with Gasteiger partial charge in [-0.2, -0.15) is 0 Å². The standard InChI is InChI=1S/C13H12BrN3O2/c1-8-4-11(18)2-3-12(8)17-13(19)16-10-5-9(14)6-15-7-10/h2-7,18H,1H3,(H2,16,17,19). The highest BCUT2D eigenvalue weighted by Gasteiger charge is 2.06. The minimum absolute atomic E-state index is 0.166. The number of anilines is 2. The average molecular weight is 322 g/mol. The molecule has 0 spiro atoms.